The average molecular weight is 150 g/mol. The van der Waals surface area contributed by atoms with Gasteiger partial charge in [-0.2, -0.15) is 0 Å². The highest BCUT2D eigenvalue weighted by Gasteiger charge is 2.10. The molecule has 0 spiro atoms. The van der Waals surface area contributed by atoms with Crippen molar-refractivity contribution >= 4 is 7.37 Å². The van der Waals surface area contributed by atoms with Gasteiger partial charge in [-0.25, -0.2) is 0 Å². The van der Waals surface area contributed by atoms with E-state index in [-0.39, 0.29) is 6.35 Å². The summed E-state index contributed by atoms with van der Waals surface area (Å²) in [5, 5.41) is 0. The van der Waals surface area contributed by atoms with E-state index in [1.54, 1.807) is 6.92 Å². The molecule has 0 fully saturated rings. The quantitative estimate of drug-likeness (QED) is 0.616. The van der Waals surface area contributed by atoms with Gasteiger partial charge < -0.3 is 9.63 Å². The van der Waals surface area contributed by atoms with Gasteiger partial charge in [0.15, 0.2) is 0 Å². The molecule has 1 unspecified atom stereocenters. The normalized spacial score (nSPS) is 16.7. The van der Waals surface area contributed by atoms with Gasteiger partial charge in [-0.05, 0) is 12.7 Å². The second kappa shape index (κ2) is 3.83. The van der Waals surface area contributed by atoms with Crippen molar-refractivity contribution in [3.8, 4) is 0 Å². The Bertz CT molecular complexity index is 132. The van der Waals surface area contributed by atoms with Crippen molar-refractivity contribution in [2.75, 3.05) is 13.0 Å². The molecular weight excluding hydrogens is 139 g/mol. The fraction of sp³-hybridized carbons (Fsp3) is 0.600. The summed E-state index contributed by atoms with van der Waals surface area (Å²) in [5.74, 6) is 1.03. The molecule has 1 atom stereocenters. The highest BCUT2D eigenvalue weighted by molar-refractivity contribution is 7.61. The van der Waals surface area contributed by atoms with E-state index < -0.39 is 7.37 Å². The summed E-state index contributed by atoms with van der Waals surface area (Å²) in [6.45, 7) is 5.42. The third-order valence-corrected chi connectivity index (χ3v) is 1.89. The van der Waals surface area contributed by atoms with Crippen molar-refractivity contribution < 1.29 is 14.2 Å². The molecule has 3 nitrogen and oxygen atoms in total. The van der Waals surface area contributed by atoms with Crippen LogP contribution in [0.25, 0.3) is 0 Å². The second-order valence-electron chi connectivity index (χ2n) is 1.56. The molecule has 0 heterocycles. The van der Waals surface area contributed by atoms with Gasteiger partial charge in [-0.1, -0.05) is 6.58 Å². The lowest BCUT2D eigenvalue weighted by molar-refractivity contribution is 0.185. The monoisotopic (exact) mass is 150 g/mol. The molecule has 0 bridgehead atoms. The predicted molar refractivity (Wildman–Crippen MR) is 36.5 cm³/mol. The summed E-state index contributed by atoms with van der Waals surface area (Å²) in [6.07, 6.45) is -0.118. The maximum absolute atomic E-state index is 10.7. The Morgan fingerprint density at radius 2 is 2.44 bits per heavy atom. The van der Waals surface area contributed by atoms with Crippen molar-refractivity contribution in [2.24, 2.45) is 0 Å². The Balaban J connectivity index is 3.59. The first-order valence-electron chi connectivity index (χ1n) is 2.65. The smallest absolute Gasteiger partial charge is 0.246 e. The molecule has 0 aromatic rings. The summed E-state index contributed by atoms with van der Waals surface area (Å²) >= 11 is 0. The lowest BCUT2D eigenvalue weighted by Crippen LogP contribution is -1.92. The van der Waals surface area contributed by atoms with E-state index in [0.717, 1.165) is 5.82 Å². The minimum Gasteiger partial charge on any atom is -0.371 e. The Morgan fingerprint density at radius 3 is 2.78 bits per heavy atom. The van der Waals surface area contributed by atoms with Crippen LogP contribution in [-0.4, -0.2) is 17.8 Å². The van der Waals surface area contributed by atoms with Crippen LogP contribution in [0, 0.1) is 0 Å². The van der Waals surface area contributed by atoms with Gasteiger partial charge in [0.1, 0.15) is 6.35 Å². The molecule has 0 saturated carbocycles. The third-order valence-electron chi connectivity index (χ3n) is 0.766. The number of hydrogen-bond acceptors (Lipinski definition) is 2. The molecule has 0 aliphatic heterocycles. The van der Waals surface area contributed by atoms with Gasteiger partial charge in [-0.15, -0.1) is 0 Å². The summed E-state index contributed by atoms with van der Waals surface area (Å²) in [4.78, 5) is 8.77. The van der Waals surface area contributed by atoms with Crippen LogP contribution in [0.15, 0.2) is 12.4 Å². The van der Waals surface area contributed by atoms with Gasteiger partial charge in [0.05, 0.1) is 0 Å². The molecule has 9 heavy (non-hydrogen) atoms. The number of hydrogen-bond donors (Lipinski definition) is 1. The van der Waals surface area contributed by atoms with Crippen LogP contribution in [0.1, 0.15) is 6.92 Å². The van der Waals surface area contributed by atoms with Gasteiger partial charge in [0, 0.05) is 6.61 Å². The van der Waals surface area contributed by atoms with Crippen molar-refractivity contribution in [1.82, 2.24) is 0 Å². The Morgan fingerprint density at radius 1 is 1.89 bits per heavy atom. The summed E-state index contributed by atoms with van der Waals surface area (Å²) in [5.41, 5.74) is 0. The Hall–Kier alpha value is -0.110. The van der Waals surface area contributed by atoms with Crippen molar-refractivity contribution in [3.05, 3.63) is 12.4 Å². The SMILES string of the molecule is C=CP(=O)(O)COCC. The standard InChI is InChI=1S/C5H11O3P/c1-3-8-5-9(6,7)4-2/h4H,2-3,5H2,1H3,(H,6,7). The Kier molecular flexibility index (Phi) is 3.78. The van der Waals surface area contributed by atoms with Crippen molar-refractivity contribution in [2.45, 2.75) is 6.92 Å². The lowest BCUT2D eigenvalue weighted by atomic mass is 10.9. The van der Waals surface area contributed by atoms with E-state index in [4.69, 9.17) is 9.63 Å². The third kappa shape index (κ3) is 4.40. The molecule has 0 aromatic heterocycles. The highest BCUT2D eigenvalue weighted by atomic mass is 31.2. The molecule has 0 rings (SSSR count). The van der Waals surface area contributed by atoms with Crippen LogP contribution >= 0.6 is 7.37 Å². The zero-order chi connectivity index (χ0) is 7.33. The van der Waals surface area contributed by atoms with Crippen LogP contribution in [0.2, 0.25) is 0 Å². The van der Waals surface area contributed by atoms with Crippen LogP contribution in [0.5, 0.6) is 0 Å². The van der Waals surface area contributed by atoms with E-state index in [1.165, 1.54) is 0 Å². The average Bonchev–Trinajstić information content (AvgIpc) is 1.84. The van der Waals surface area contributed by atoms with Crippen LogP contribution in [0.4, 0.5) is 0 Å². The minimum absolute atomic E-state index is 0.118. The van der Waals surface area contributed by atoms with E-state index in [1.807, 2.05) is 0 Å². The topological polar surface area (TPSA) is 46.5 Å². The predicted octanol–water partition coefficient (Wildman–Crippen LogP) is 1.39. The lowest BCUT2D eigenvalue weighted by Gasteiger charge is -2.03. The maximum atomic E-state index is 10.7. The summed E-state index contributed by atoms with van der Waals surface area (Å²) in [7, 11) is -3.15. The van der Waals surface area contributed by atoms with E-state index in [9.17, 15) is 4.57 Å². The van der Waals surface area contributed by atoms with E-state index >= 15 is 0 Å². The van der Waals surface area contributed by atoms with Crippen LogP contribution in [-0.2, 0) is 9.30 Å². The fourth-order valence-corrected chi connectivity index (χ4v) is 0.824. The molecule has 0 radical (unpaired) electrons. The molecule has 54 valence electrons. The molecule has 0 aliphatic carbocycles. The first-order valence-corrected chi connectivity index (χ1v) is 4.56. The highest BCUT2D eigenvalue weighted by Crippen LogP contribution is 2.40. The van der Waals surface area contributed by atoms with Gasteiger partial charge >= 0.3 is 0 Å². The Labute approximate surface area is 54.8 Å². The molecule has 0 aliphatic rings. The molecule has 4 heteroatoms. The van der Waals surface area contributed by atoms with Gasteiger partial charge in [-0.3, -0.25) is 4.57 Å². The van der Waals surface area contributed by atoms with E-state index in [2.05, 4.69) is 6.58 Å². The number of ether oxygens (including phenoxy) is 1. The first kappa shape index (κ1) is 8.89. The van der Waals surface area contributed by atoms with Gasteiger partial charge in [0.25, 0.3) is 0 Å². The molecule has 0 amide bonds. The summed E-state index contributed by atoms with van der Waals surface area (Å²) < 4.78 is 15.4. The zero-order valence-electron chi connectivity index (χ0n) is 5.41. The minimum atomic E-state index is -3.15. The van der Waals surface area contributed by atoms with E-state index in [0.29, 0.717) is 6.61 Å². The van der Waals surface area contributed by atoms with Crippen molar-refractivity contribution in [1.29, 1.82) is 0 Å². The van der Waals surface area contributed by atoms with Crippen LogP contribution in [0.3, 0.4) is 0 Å². The van der Waals surface area contributed by atoms with Gasteiger partial charge in [0.2, 0.25) is 7.37 Å². The molecule has 0 aromatic carbocycles. The molecular formula is C5H11O3P. The van der Waals surface area contributed by atoms with Crippen molar-refractivity contribution in [3.63, 3.8) is 0 Å². The molecule has 0 saturated heterocycles. The first-order chi connectivity index (χ1) is 4.12. The summed E-state index contributed by atoms with van der Waals surface area (Å²) in [6, 6.07) is 0. The maximum Gasteiger partial charge on any atom is 0.246 e. The largest absolute Gasteiger partial charge is 0.371 e. The van der Waals surface area contributed by atoms with Crippen LogP contribution < -0.4 is 0 Å². The zero-order valence-corrected chi connectivity index (χ0v) is 6.30. The second-order valence-corrected chi connectivity index (χ2v) is 3.69. The molecule has 1 N–H and O–H groups in total. The number of rotatable bonds is 4. The fourth-order valence-electron chi connectivity index (χ4n) is 0.275.